The molecule has 2 aromatic carbocycles. The van der Waals surface area contributed by atoms with Gasteiger partial charge in [0.25, 0.3) is 0 Å². The van der Waals surface area contributed by atoms with Crippen LogP contribution in [0.5, 0.6) is 0 Å². The van der Waals surface area contributed by atoms with Crippen molar-refractivity contribution in [2.45, 2.75) is 37.9 Å². The Labute approximate surface area is 198 Å². The van der Waals surface area contributed by atoms with Crippen molar-refractivity contribution in [1.82, 2.24) is 19.2 Å². The number of ether oxygens (including phenoxy) is 1. The number of fused-ring (bicyclic) bond motifs is 1. The highest BCUT2D eigenvalue weighted by Gasteiger charge is 2.27. The van der Waals surface area contributed by atoms with E-state index in [9.17, 15) is 8.42 Å². The van der Waals surface area contributed by atoms with Crippen LogP contribution in [0.2, 0.25) is 10.0 Å². The number of sulfonamides is 1. The second kappa shape index (κ2) is 9.67. The van der Waals surface area contributed by atoms with Gasteiger partial charge in [-0.2, -0.15) is 4.31 Å². The Hall–Kier alpha value is -1.68. The van der Waals surface area contributed by atoms with E-state index in [-0.39, 0.29) is 10.9 Å². The Bertz CT molecular complexity index is 1220. The van der Waals surface area contributed by atoms with Crippen LogP contribution in [0.1, 0.15) is 31.3 Å². The molecule has 1 saturated heterocycles. The monoisotopic (exact) mass is 496 g/mol. The summed E-state index contributed by atoms with van der Waals surface area (Å²) in [4.78, 5) is 5.00. The minimum absolute atomic E-state index is 0.0119. The van der Waals surface area contributed by atoms with Gasteiger partial charge in [0.1, 0.15) is 5.82 Å². The summed E-state index contributed by atoms with van der Waals surface area (Å²) in [7, 11) is -3.57. The third-order valence-electron chi connectivity index (χ3n) is 5.72. The number of halogens is 2. The normalized spacial score (nSPS) is 16.5. The highest BCUT2D eigenvalue weighted by Crippen LogP contribution is 2.27. The average molecular weight is 497 g/mol. The Morgan fingerprint density at radius 3 is 2.59 bits per heavy atom. The molecule has 3 aromatic rings. The Morgan fingerprint density at radius 1 is 1.16 bits per heavy atom. The van der Waals surface area contributed by atoms with E-state index in [4.69, 9.17) is 32.9 Å². The number of nitrogens with one attached hydrogen (secondary N) is 1. The largest absolute Gasteiger partial charge is 0.379 e. The second-order valence-corrected chi connectivity index (χ2v) is 10.5. The smallest absolute Gasteiger partial charge is 0.243 e. The van der Waals surface area contributed by atoms with Crippen molar-refractivity contribution >= 4 is 44.3 Å². The molecule has 0 amide bonds. The number of imidazole rings is 1. The molecule has 1 aromatic heterocycles. The van der Waals surface area contributed by atoms with Crippen molar-refractivity contribution in [1.29, 1.82) is 0 Å². The highest BCUT2D eigenvalue weighted by molar-refractivity contribution is 7.89. The standard InChI is InChI=1S/C22H26Cl2N4O3S/c1-3-28-21-7-5-17(32(29,30)27-8-10-31-11-9-27)13-20(21)26-22(28)14-25-15(2)18-6-4-16(23)12-19(18)24/h4-7,12-13,15,25H,3,8-11,14H2,1-2H3. The van der Waals surface area contributed by atoms with Gasteiger partial charge >= 0.3 is 0 Å². The molecule has 1 atom stereocenters. The lowest BCUT2D eigenvalue weighted by Gasteiger charge is -2.26. The van der Waals surface area contributed by atoms with Crippen LogP contribution in [-0.4, -0.2) is 48.6 Å². The molecule has 0 spiro atoms. The number of nitrogens with zero attached hydrogens (tertiary/aromatic N) is 3. The van der Waals surface area contributed by atoms with E-state index < -0.39 is 10.0 Å². The number of aromatic nitrogens is 2. The van der Waals surface area contributed by atoms with Gasteiger partial charge in [0.05, 0.1) is 35.7 Å². The first-order chi connectivity index (χ1) is 15.3. The second-order valence-electron chi connectivity index (χ2n) is 7.71. The molecule has 1 fully saturated rings. The van der Waals surface area contributed by atoms with Gasteiger partial charge in [-0.15, -0.1) is 0 Å². The molecular formula is C22H26Cl2N4O3S. The summed E-state index contributed by atoms with van der Waals surface area (Å²) in [5.41, 5.74) is 2.52. The number of benzene rings is 2. The zero-order valence-electron chi connectivity index (χ0n) is 18.0. The molecule has 0 saturated carbocycles. The van der Waals surface area contributed by atoms with Crippen LogP contribution in [0, 0.1) is 0 Å². The van der Waals surface area contributed by atoms with Crippen LogP contribution < -0.4 is 5.32 Å². The fraction of sp³-hybridized carbons (Fsp3) is 0.409. The zero-order valence-corrected chi connectivity index (χ0v) is 20.3. The summed E-state index contributed by atoms with van der Waals surface area (Å²) < 4.78 is 34.9. The lowest BCUT2D eigenvalue weighted by atomic mass is 10.1. The topological polar surface area (TPSA) is 76.5 Å². The summed E-state index contributed by atoms with van der Waals surface area (Å²) in [6, 6.07) is 10.6. The Kier molecular flexibility index (Phi) is 7.09. The van der Waals surface area contributed by atoms with Crippen molar-refractivity contribution in [2.24, 2.45) is 0 Å². The molecule has 1 aliphatic rings. The average Bonchev–Trinajstić information content (AvgIpc) is 3.14. The van der Waals surface area contributed by atoms with Gasteiger partial charge < -0.3 is 14.6 Å². The molecule has 10 heteroatoms. The number of aryl methyl sites for hydroxylation is 1. The highest BCUT2D eigenvalue weighted by atomic mass is 35.5. The molecule has 1 aliphatic heterocycles. The SMILES string of the molecule is CCn1c(CNC(C)c2ccc(Cl)cc2Cl)nc2cc(S(=O)(=O)N3CCOCC3)ccc21. The Morgan fingerprint density at radius 2 is 1.91 bits per heavy atom. The van der Waals surface area contributed by atoms with Crippen molar-refractivity contribution in [2.75, 3.05) is 26.3 Å². The van der Waals surface area contributed by atoms with Crippen LogP contribution in [-0.2, 0) is 27.8 Å². The molecular weight excluding hydrogens is 471 g/mol. The molecule has 172 valence electrons. The zero-order chi connectivity index (χ0) is 22.9. The van der Waals surface area contributed by atoms with Gasteiger partial charge in [0, 0.05) is 35.7 Å². The molecule has 1 N–H and O–H groups in total. The molecule has 4 rings (SSSR count). The first-order valence-corrected chi connectivity index (χ1v) is 12.8. The van der Waals surface area contributed by atoms with Crippen LogP contribution >= 0.6 is 23.2 Å². The van der Waals surface area contributed by atoms with Gasteiger partial charge in [-0.25, -0.2) is 13.4 Å². The van der Waals surface area contributed by atoms with Crippen molar-refractivity contribution in [3.05, 3.63) is 57.8 Å². The molecule has 0 aliphatic carbocycles. The lowest BCUT2D eigenvalue weighted by molar-refractivity contribution is 0.0730. The van der Waals surface area contributed by atoms with E-state index in [1.165, 1.54) is 4.31 Å². The van der Waals surface area contributed by atoms with E-state index in [2.05, 4.69) is 9.88 Å². The summed E-state index contributed by atoms with van der Waals surface area (Å²) in [5.74, 6) is 0.834. The van der Waals surface area contributed by atoms with Crippen molar-refractivity contribution in [3.63, 3.8) is 0 Å². The number of hydrogen-bond donors (Lipinski definition) is 1. The number of rotatable bonds is 7. The number of morpholine rings is 1. The van der Waals surface area contributed by atoms with Crippen LogP contribution in [0.3, 0.4) is 0 Å². The third kappa shape index (κ3) is 4.66. The quantitative estimate of drug-likeness (QED) is 0.529. The van der Waals surface area contributed by atoms with Crippen molar-refractivity contribution in [3.8, 4) is 0 Å². The first-order valence-electron chi connectivity index (χ1n) is 10.6. The number of hydrogen-bond acceptors (Lipinski definition) is 5. The maximum absolute atomic E-state index is 13.0. The molecule has 1 unspecified atom stereocenters. The van der Waals surface area contributed by atoms with Crippen LogP contribution in [0.4, 0.5) is 0 Å². The van der Waals surface area contributed by atoms with Gasteiger partial charge in [-0.1, -0.05) is 29.3 Å². The molecule has 32 heavy (non-hydrogen) atoms. The van der Waals surface area contributed by atoms with Crippen LogP contribution in [0.15, 0.2) is 41.3 Å². The fourth-order valence-electron chi connectivity index (χ4n) is 3.95. The van der Waals surface area contributed by atoms with Gasteiger partial charge in [0.2, 0.25) is 10.0 Å². The Balaban J connectivity index is 1.58. The van der Waals surface area contributed by atoms with E-state index in [0.29, 0.717) is 48.4 Å². The molecule has 0 bridgehead atoms. The van der Waals surface area contributed by atoms with E-state index in [0.717, 1.165) is 23.4 Å². The third-order valence-corrected chi connectivity index (χ3v) is 8.18. The van der Waals surface area contributed by atoms with E-state index in [1.807, 2.05) is 32.0 Å². The maximum atomic E-state index is 13.0. The van der Waals surface area contributed by atoms with Crippen molar-refractivity contribution < 1.29 is 13.2 Å². The fourth-order valence-corrected chi connectivity index (χ4v) is 5.95. The summed E-state index contributed by atoms with van der Waals surface area (Å²) >= 11 is 12.3. The summed E-state index contributed by atoms with van der Waals surface area (Å²) in [5, 5.41) is 4.67. The lowest BCUT2D eigenvalue weighted by Crippen LogP contribution is -2.40. The first kappa shape index (κ1) is 23.5. The minimum atomic E-state index is -3.57. The van der Waals surface area contributed by atoms with Crippen LogP contribution in [0.25, 0.3) is 11.0 Å². The molecule has 2 heterocycles. The van der Waals surface area contributed by atoms with E-state index >= 15 is 0 Å². The minimum Gasteiger partial charge on any atom is -0.379 e. The maximum Gasteiger partial charge on any atom is 0.243 e. The summed E-state index contributed by atoms with van der Waals surface area (Å²) in [6.07, 6.45) is 0. The van der Waals surface area contributed by atoms with Gasteiger partial charge in [-0.3, -0.25) is 0 Å². The predicted octanol–water partition coefficient (Wildman–Crippen LogP) is 4.23. The predicted molar refractivity (Wildman–Crippen MR) is 127 cm³/mol. The summed E-state index contributed by atoms with van der Waals surface area (Å²) in [6.45, 7) is 6.86. The molecule has 7 nitrogen and oxygen atoms in total. The molecule has 0 radical (unpaired) electrons. The van der Waals surface area contributed by atoms with Gasteiger partial charge in [-0.05, 0) is 49.7 Å². The van der Waals surface area contributed by atoms with E-state index in [1.54, 1.807) is 18.2 Å². The van der Waals surface area contributed by atoms with Gasteiger partial charge in [0.15, 0.2) is 0 Å².